The fraction of sp³-hybridized carbons (Fsp3) is 1.00. The van der Waals surface area contributed by atoms with Crippen LogP contribution in [-0.4, -0.2) is 48.6 Å². The Balaban J connectivity index is 2.00. The average Bonchev–Trinajstić information content (AvgIpc) is 2.36. The molecule has 64 valence electrons. The van der Waals surface area contributed by atoms with Crippen LogP contribution in [0, 0.1) is 0 Å². The number of piperazine rings is 1. The zero-order valence-electron chi connectivity index (χ0n) is 7.58. The van der Waals surface area contributed by atoms with Crippen molar-refractivity contribution in [3.63, 3.8) is 0 Å². The molecule has 0 saturated carbocycles. The summed E-state index contributed by atoms with van der Waals surface area (Å²) in [5, 5.41) is 0. The summed E-state index contributed by atoms with van der Waals surface area (Å²) in [4.78, 5) is 5.15. The minimum Gasteiger partial charge on any atom is -0.301 e. The van der Waals surface area contributed by atoms with Gasteiger partial charge in [0.15, 0.2) is 0 Å². The van der Waals surface area contributed by atoms with E-state index in [1.165, 1.54) is 32.5 Å². The summed E-state index contributed by atoms with van der Waals surface area (Å²) in [7, 11) is 2.25. The molecule has 0 bridgehead atoms. The van der Waals surface area contributed by atoms with Crippen molar-refractivity contribution in [1.82, 2.24) is 9.80 Å². The predicted molar refractivity (Wildman–Crippen MR) is 46.7 cm³/mol. The molecule has 0 radical (unpaired) electrons. The topological polar surface area (TPSA) is 6.48 Å². The van der Waals surface area contributed by atoms with Crippen molar-refractivity contribution < 1.29 is 0 Å². The lowest BCUT2D eigenvalue weighted by Crippen LogP contribution is -2.53. The molecule has 2 aliphatic rings. The molecule has 2 fully saturated rings. The molecule has 2 heteroatoms. The SMILES string of the molecule is C[C@H]1CN2CCCC2CN1C. The third-order valence-electron chi connectivity index (χ3n) is 3.25. The minimum absolute atomic E-state index is 0.768. The predicted octanol–water partition coefficient (Wildman–Crippen LogP) is 0.785. The molecule has 2 heterocycles. The van der Waals surface area contributed by atoms with Crippen molar-refractivity contribution in [2.24, 2.45) is 0 Å². The maximum absolute atomic E-state index is 2.66. The van der Waals surface area contributed by atoms with E-state index in [9.17, 15) is 0 Å². The Morgan fingerprint density at radius 2 is 2.09 bits per heavy atom. The Kier molecular flexibility index (Phi) is 1.90. The molecule has 2 rings (SSSR count). The smallest absolute Gasteiger partial charge is 0.0224 e. The van der Waals surface area contributed by atoms with Crippen LogP contribution in [0.1, 0.15) is 19.8 Å². The first kappa shape index (κ1) is 7.56. The number of hydrogen-bond acceptors (Lipinski definition) is 2. The molecule has 0 aromatic carbocycles. The third kappa shape index (κ3) is 1.30. The first-order chi connectivity index (χ1) is 5.27. The lowest BCUT2D eigenvalue weighted by Gasteiger charge is -2.40. The summed E-state index contributed by atoms with van der Waals surface area (Å²) in [6.45, 7) is 6.26. The van der Waals surface area contributed by atoms with Crippen LogP contribution in [0.15, 0.2) is 0 Å². The van der Waals surface area contributed by atoms with E-state index in [-0.39, 0.29) is 0 Å². The normalized spacial score (nSPS) is 40.9. The van der Waals surface area contributed by atoms with Gasteiger partial charge in [0.05, 0.1) is 0 Å². The van der Waals surface area contributed by atoms with E-state index in [1.54, 1.807) is 0 Å². The Morgan fingerprint density at radius 1 is 1.27 bits per heavy atom. The molecule has 0 amide bonds. The van der Waals surface area contributed by atoms with Gasteiger partial charge in [-0.05, 0) is 33.4 Å². The second-order valence-corrected chi connectivity index (χ2v) is 4.08. The van der Waals surface area contributed by atoms with Crippen molar-refractivity contribution in [3.05, 3.63) is 0 Å². The van der Waals surface area contributed by atoms with E-state index in [0.29, 0.717) is 0 Å². The highest BCUT2D eigenvalue weighted by Crippen LogP contribution is 2.23. The number of fused-ring (bicyclic) bond motifs is 1. The second-order valence-electron chi connectivity index (χ2n) is 4.08. The summed E-state index contributed by atoms with van der Waals surface area (Å²) in [5.74, 6) is 0. The van der Waals surface area contributed by atoms with E-state index in [4.69, 9.17) is 0 Å². The fourth-order valence-electron chi connectivity index (χ4n) is 2.33. The van der Waals surface area contributed by atoms with Crippen molar-refractivity contribution in [1.29, 1.82) is 0 Å². The van der Waals surface area contributed by atoms with Crippen LogP contribution < -0.4 is 0 Å². The van der Waals surface area contributed by atoms with Crippen LogP contribution in [0.2, 0.25) is 0 Å². The Labute approximate surface area is 69.2 Å². The molecule has 0 spiro atoms. The molecular weight excluding hydrogens is 136 g/mol. The van der Waals surface area contributed by atoms with Crippen LogP contribution in [0.25, 0.3) is 0 Å². The zero-order chi connectivity index (χ0) is 7.84. The maximum atomic E-state index is 2.66. The molecule has 2 aliphatic heterocycles. The lowest BCUT2D eigenvalue weighted by atomic mass is 10.1. The standard InChI is InChI=1S/C9H18N2/c1-8-6-11-5-3-4-9(11)7-10(8)2/h8-9H,3-7H2,1-2H3/t8-,9?/m0/s1. The van der Waals surface area contributed by atoms with Gasteiger partial charge in [-0.25, -0.2) is 0 Å². The number of nitrogens with zero attached hydrogens (tertiary/aromatic N) is 2. The molecular formula is C9H18N2. The van der Waals surface area contributed by atoms with E-state index >= 15 is 0 Å². The van der Waals surface area contributed by atoms with Gasteiger partial charge in [-0.15, -0.1) is 0 Å². The Morgan fingerprint density at radius 3 is 2.91 bits per heavy atom. The highest BCUT2D eigenvalue weighted by Gasteiger charge is 2.32. The Hall–Kier alpha value is -0.0800. The summed E-state index contributed by atoms with van der Waals surface area (Å²) < 4.78 is 0. The van der Waals surface area contributed by atoms with E-state index in [0.717, 1.165) is 12.1 Å². The molecule has 2 nitrogen and oxygen atoms in total. The van der Waals surface area contributed by atoms with Gasteiger partial charge in [-0.1, -0.05) is 0 Å². The molecule has 0 aromatic heterocycles. The van der Waals surface area contributed by atoms with Crippen LogP contribution >= 0.6 is 0 Å². The van der Waals surface area contributed by atoms with Gasteiger partial charge in [0.2, 0.25) is 0 Å². The quantitative estimate of drug-likeness (QED) is 0.509. The highest BCUT2D eigenvalue weighted by molar-refractivity contribution is 4.89. The number of likely N-dealkylation sites (N-methyl/N-ethyl adjacent to an activating group) is 1. The molecule has 11 heavy (non-hydrogen) atoms. The van der Waals surface area contributed by atoms with Gasteiger partial charge in [0, 0.05) is 25.2 Å². The van der Waals surface area contributed by atoms with E-state index in [2.05, 4.69) is 23.8 Å². The monoisotopic (exact) mass is 154 g/mol. The maximum Gasteiger partial charge on any atom is 0.0224 e. The second kappa shape index (κ2) is 2.76. The first-order valence-electron chi connectivity index (χ1n) is 4.71. The van der Waals surface area contributed by atoms with Gasteiger partial charge in [0.25, 0.3) is 0 Å². The van der Waals surface area contributed by atoms with Crippen molar-refractivity contribution >= 4 is 0 Å². The van der Waals surface area contributed by atoms with E-state index in [1.807, 2.05) is 0 Å². The van der Waals surface area contributed by atoms with Crippen LogP contribution in [0.5, 0.6) is 0 Å². The highest BCUT2D eigenvalue weighted by atomic mass is 15.3. The van der Waals surface area contributed by atoms with Gasteiger partial charge in [0.1, 0.15) is 0 Å². The van der Waals surface area contributed by atoms with Gasteiger partial charge in [-0.2, -0.15) is 0 Å². The number of rotatable bonds is 0. The largest absolute Gasteiger partial charge is 0.301 e. The van der Waals surface area contributed by atoms with Gasteiger partial charge < -0.3 is 4.90 Å². The van der Waals surface area contributed by atoms with Gasteiger partial charge >= 0.3 is 0 Å². The van der Waals surface area contributed by atoms with Crippen molar-refractivity contribution in [3.8, 4) is 0 Å². The third-order valence-corrected chi connectivity index (χ3v) is 3.25. The summed E-state index contributed by atoms with van der Waals surface area (Å²) in [5.41, 5.74) is 0. The van der Waals surface area contributed by atoms with Crippen molar-refractivity contribution in [2.75, 3.05) is 26.7 Å². The molecule has 0 aliphatic carbocycles. The van der Waals surface area contributed by atoms with Gasteiger partial charge in [-0.3, -0.25) is 4.90 Å². The summed E-state index contributed by atoms with van der Waals surface area (Å²) in [6, 6.07) is 1.65. The van der Waals surface area contributed by atoms with Crippen LogP contribution in [0.4, 0.5) is 0 Å². The number of hydrogen-bond donors (Lipinski definition) is 0. The van der Waals surface area contributed by atoms with Crippen LogP contribution in [0.3, 0.4) is 0 Å². The molecule has 0 N–H and O–H groups in total. The van der Waals surface area contributed by atoms with Crippen LogP contribution in [-0.2, 0) is 0 Å². The minimum atomic E-state index is 0.768. The van der Waals surface area contributed by atoms with E-state index < -0.39 is 0 Å². The summed E-state index contributed by atoms with van der Waals surface area (Å²) >= 11 is 0. The van der Waals surface area contributed by atoms with Crippen molar-refractivity contribution in [2.45, 2.75) is 31.8 Å². The molecule has 2 atom stereocenters. The first-order valence-corrected chi connectivity index (χ1v) is 4.71. The Bertz CT molecular complexity index is 130. The molecule has 2 saturated heterocycles. The molecule has 1 unspecified atom stereocenters. The molecule has 0 aromatic rings. The average molecular weight is 154 g/mol. The lowest BCUT2D eigenvalue weighted by molar-refractivity contribution is 0.0795. The fourth-order valence-corrected chi connectivity index (χ4v) is 2.33. The zero-order valence-corrected chi connectivity index (χ0v) is 7.58. The summed E-state index contributed by atoms with van der Waals surface area (Å²) in [6.07, 6.45) is 2.85.